The lowest BCUT2D eigenvalue weighted by atomic mass is 9.97. The largest absolute Gasteiger partial charge is 0.481 e. The molecular formula is C13H22ClN3O3. The number of nitrogens with zero attached hydrogens (tertiary/aromatic N) is 3. The van der Waals surface area contributed by atoms with Crippen molar-refractivity contribution in [3.8, 4) is 0 Å². The number of carboxylic acids is 1. The average Bonchev–Trinajstić information content (AvgIpc) is 2.77. The molecule has 1 aliphatic rings. The van der Waals surface area contributed by atoms with E-state index < -0.39 is 5.97 Å². The maximum Gasteiger partial charge on any atom is 0.307 e. The first kappa shape index (κ1) is 16.9. The van der Waals surface area contributed by atoms with E-state index in [4.69, 9.17) is 9.63 Å². The molecule has 1 atom stereocenters. The predicted molar refractivity (Wildman–Crippen MR) is 75.9 cm³/mol. The summed E-state index contributed by atoms with van der Waals surface area (Å²) in [6.07, 6.45) is 1.66. The molecular weight excluding hydrogens is 282 g/mol. The molecule has 0 aromatic carbocycles. The molecule has 0 radical (unpaired) electrons. The van der Waals surface area contributed by atoms with E-state index in [9.17, 15) is 4.79 Å². The first-order chi connectivity index (χ1) is 8.86. The molecule has 2 heterocycles. The van der Waals surface area contributed by atoms with Crippen LogP contribution in [0.3, 0.4) is 0 Å². The molecule has 7 heteroatoms. The molecule has 1 unspecified atom stereocenters. The maximum atomic E-state index is 11.0. The number of carboxylic acid groups (broad SMARTS) is 1. The molecule has 0 bridgehead atoms. The van der Waals surface area contributed by atoms with Crippen molar-refractivity contribution in [1.29, 1.82) is 0 Å². The summed E-state index contributed by atoms with van der Waals surface area (Å²) < 4.78 is 5.24. The van der Waals surface area contributed by atoms with Gasteiger partial charge in [0.25, 0.3) is 0 Å². The zero-order valence-electron chi connectivity index (χ0n) is 12.1. The number of rotatable bonds is 3. The first-order valence-electron chi connectivity index (χ1n) is 6.64. The molecule has 20 heavy (non-hydrogen) atoms. The number of piperidine rings is 1. The third-order valence-corrected chi connectivity index (χ3v) is 3.33. The minimum Gasteiger partial charge on any atom is -0.481 e. The van der Waals surface area contributed by atoms with E-state index in [1.807, 2.05) is 20.8 Å². The Morgan fingerprint density at radius 3 is 2.75 bits per heavy atom. The highest BCUT2D eigenvalue weighted by Gasteiger charge is 2.27. The topological polar surface area (TPSA) is 79.5 Å². The Hall–Kier alpha value is -1.14. The van der Waals surface area contributed by atoms with E-state index in [0.29, 0.717) is 24.8 Å². The molecule has 6 nitrogen and oxygen atoms in total. The lowest BCUT2D eigenvalue weighted by Crippen LogP contribution is -2.38. The Labute approximate surface area is 124 Å². The standard InChI is InChI=1S/C13H21N3O3.ClH/c1-13(2,3)12-14-10(15-19-12)8-16-6-4-5-9(7-16)11(17)18;/h9H,4-8H2,1-3H3,(H,17,18);1H. The van der Waals surface area contributed by atoms with Crippen LogP contribution < -0.4 is 0 Å². The van der Waals surface area contributed by atoms with Gasteiger partial charge >= 0.3 is 5.97 Å². The second-order valence-electron chi connectivity index (χ2n) is 6.18. The Bertz CT molecular complexity index is 456. The molecule has 0 amide bonds. The van der Waals surface area contributed by atoms with Crippen molar-refractivity contribution in [2.24, 2.45) is 5.92 Å². The van der Waals surface area contributed by atoms with Crippen LogP contribution in [0, 0.1) is 5.92 Å². The number of halogens is 1. The average molecular weight is 304 g/mol. The van der Waals surface area contributed by atoms with Crippen LogP contribution in [0.25, 0.3) is 0 Å². The fraction of sp³-hybridized carbons (Fsp3) is 0.769. The third kappa shape index (κ3) is 4.18. The third-order valence-electron chi connectivity index (χ3n) is 3.33. The van der Waals surface area contributed by atoms with Gasteiger partial charge in [-0.05, 0) is 19.4 Å². The molecule has 0 aliphatic carbocycles. The van der Waals surface area contributed by atoms with Crippen LogP contribution in [0.4, 0.5) is 0 Å². The van der Waals surface area contributed by atoms with E-state index in [1.54, 1.807) is 0 Å². The number of aromatic nitrogens is 2. The normalized spacial score (nSPS) is 20.4. The van der Waals surface area contributed by atoms with Gasteiger partial charge in [-0.25, -0.2) is 0 Å². The van der Waals surface area contributed by atoms with Crippen molar-refractivity contribution in [1.82, 2.24) is 15.0 Å². The highest BCUT2D eigenvalue weighted by molar-refractivity contribution is 5.85. The monoisotopic (exact) mass is 303 g/mol. The molecule has 0 spiro atoms. The van der Waals surface area contributed by atoms with E-state index >= 15 is 0 Å². The number of hydrogen-bond acceptors (Lipinski definition) is 5. The van der Waals surface area contributed by atoms with Crippen LogP contribution in [0.15, 0.2) is 4.52 Å². The van der Waals surface area contributed by atoms with Crippen LogP contribution in [-0.4, -0.2) is 39.2 Å². The fourth-order valence-electron chi connectivity index (χ4n) is 2.22. The van der Waals surface area contributed by atoms with Crippen molar-refractivity contribution in [3.63, 3.8) is 0 Å². The van der Waals surface area contributed by atoms with Crippen molar-refractivity contribution in [2.75, 3.05) is 13.1 Å². The van der Waals surface area contributed by atoms with Crippen molar-refractivity contribution >= 4 is 18.4 Å². The molecule has 1 fully saturated rings. The van der Waals surface area contributed by atoms with E-state index in [2.05, 4.69) is 15.0 Å². The minimum absolute atomic E-state index is 0. The smallest absolute Gasteiger partial charge is 0.307 e. The number of aliphatic carboxylic acids is 1. The molecule has 1 aromatic heterocycles. The highest BCUT2D eigenvalue weighted by atomic mass is 35.5. The van der Waals surface area contributed by atoms with Crippen LogP contribution >= 0.6 is 12.4 Å². The van der Waals surface area contributed by atoms with E-state index in [1.165, 1.54) is 0 Å². The fourth-order valence-corrected chi connectivity index (χ4v) is 2.22. The summed E-state index contributed by atoms with van der Waals surface area (Å²) in [4.78, 5) is 17.5. The summed E-state index contributed by atoms with van der Waals surface area (Å²) in [6, 6.07) is 0. The molecule has 1 aliphatic heterocycles. The van der Waals surface area contributed by atoms with E-state index in [-0.39, 0.29) is 23.7 Å². The minimum atomic E-state index is -0.715. The second-order valence-corrected chi connectivity index (χ2v) is 6.18. The Morgan fingerprint density at radius 1 is 1.50 bits per heavy atom. The predicted octanol–water partition coefficient (Wildman–Crippen LogP) is 2.09. The van der Waals surface area contributed by atoms with Gasteiger partial charge in [0.05, 0.1) is 12.5 Å². The second kappa shape index (κ2) is 6.54. The van der Waals surface area contributed by atoms with Gasteiger partial charge in [0.2, 0.25) is 5.89 Å². The Kier molecular flexibility index (Phi) is 5.53. The number of likely N-dealkylation sites (tertiary alicyclic amines) is 1. The molecule has 114 valence electrons. The summed E-state index contributed by atoms with van der Waals surface area (Å²) in [6.45, 7) is 8.07. The van der Waals surface area contributed by atoms with Crippen molar-refractivity contribution < 1.29 is 14.4 Å². The van der Waals surface area contributed by atoms with Crippen molar-refractivity contribution in [2.45, 2.75) is 45.6 Å². The van der Waals surface area contributed by atoms with Crippen LogP contribution in [0.2, 0.25) is 0 Å². The van der Waals surface area contributed by atoms with Gasteiger partial charge in [0, 0.05) is 12.0 Å². The molecule has 1 N–H and O–H groups in total. The number of carbonyl (C=O) groups is 1. The maximum absolute atomic E-state index is 11.0. The van der Waals surface area contributed by atoms with E-state index in [0.717, 1.165) is 19.4 Å². The number of hydrogen-bond donors (Lipinski definition) is 1. The zero-order valence-corrected chi connectivity index (χ0v) is 12.9. The lowest BCUT2D eigenvalue weighted by Gasteiger charge is -2.29. The first-order valence-corrected chi connectivity index (χ1v) is 6.64. The Balaban J connectivity index is 0.00000200. The van der Waals surface area contributed by atoms with Crippen LogP contribution in [0.5, 0.6) is 0 Å². The van der Waals surface area contributed by atoms with Crippen LogP contribution in [0.1, 0.15) is 45.3 Å². The van der Waals surface area contributed by atoms with Crippen LogP contribution in [-0.2, 0) is 16.8 Å². The van der Waals surface area contributed by atoms with Gasteiger partial charge in [-0.3, -0.25) is 9.69 Å². The lowest BCUT2D eigenvalue weighted by molar-refractivity contribution is -0.143. The molecule has 0 saturated carbocycles. The quantitative estimate of drug-likeness (QED) is 0.921. The highest BCUT2D eigenvalue weighted by Crippen LogP contribution is 2.21. The van der Waals surface area contributed by atoms with Gasteiger partial charge in [-0.15, -0.1) is 12.4 Å². The zero-order chi connectivity index (χ0) is 14.0. The molecule has 1 aromatic rings. The SMILES string of the molecule is CC(C)(C)c1nc(CN2CCCC(C(=O)O)C2)no1.Cl. The molecule has 1 saturated heterocycles. The summed E-state index contributed by atoms with van der Waals surface area (Å²) in [5, 5.41) is 13.0. The molecule has 2 rings (SSSR count). The summed E-state index contributed by atoms with van der Waals surface area (Å²) >= 11 is 0. The summed E-state index contributed by atoms with van der Waals surface area (Å²) in [5.41, 5.74) is -0.156. The van der Waals surface area contributed by atoms with Gasteiger partial charge in [-0.1, -0.05) is 25.9 Å². The van der Waals surface area contributed by atoms with Gasteiger partial charge < -0.3 is 9.63 Å². The van der Waals surface area contributed by atoms with Gasteiger partial charge in [0.1, 0.15) is 0 Å². The van der Waals surface area contributed by atoms with Crippen molar-refractivity contribution in [3.05, 3.63) is 11.7 Å². The van der Waals surface area contributed by atoms with Gasteiger partial charge in [-0.2, -0.15) is 4.98 Å². The van der Waals surface area contributed by atoms with Gasteiger partial charge in [0.15, 0.2) is 5.82 Å². The Morgan fingerprint density at radius 2 is 2.20 bits per heavy atom. The summed E-state index contributed by atoms with van der Waals surface area (Å²) in [5.74, 6) is 0.265. The summed E-state index contributed by atoms with van der Waals surface area (Å²) in [7, 11) is 0.